The van der Waals surface area contributed by atoms with E-state index in [-0.39, 0.29) is 17.3 Å². The molecule has 1 fully saturated rings. The Morgan fingerprint density at radius 2 is 1.88 bits per heavy atom. The van der Waals surface area contributed by atoms with Gasteiger partial charge in [-0.15, -0.1) is 11.3 Å². The number of anilines is 2. The molecule has 1 aliphatic heterocycles. The first kappa shape index (κ1) is 23.4. The Bertz CT molecular complexity index is 1250. The summed E-state index contributed by atoms with van der Waals surface area (Å²) in [5.41, 5.74) is 4.02. The fourth-order valence-corrected chi connectivity index (χ4v) is 6.01. The van der Waals surface area contributed by atoms with Gasteiger partial charge in [-0.3, -0.25) is 4.79 Å². The number of nitrogens with zero attached hydrogens (tertiary/aromatic N) is 2. The lowest BCUT2D eigenvalue weighted by molar-refractivity contribution is -0.114. The summed E-state index contributed by atoms with van der Waals surface area (Å²) < 4.78 is 27.5. The number of piperidine rings is 1. The fraction of sp³-hybridized carbons (Fsp3) is 0.333. The molecule has 1 aliphatic rings. The number of carbonyl (C=O) groups is 1. The molecule has 0 atom stereocenters. The van der Waals surface area contributed by atoms with Crippen molar-refractivity contribution in [2.45, 2.75) is 38.0 Å². The van der Waals surface area contributed by atoms with Crippen molar-refractivity contribution in [3.05, 3.63) is 58.4 Å². The van der Waals surface area contributed by atoms with Gasteiger partial charge >= 0.3 is 0 Å². The number of hydrogen-bond donors (Lipinski definition) is 2. The lowest BCUT2D eigenvalue weighted by Crippen LogP contribution is -2.35. The van der Waals surface area contributed by atoms with Crippen LogP contribution in [0, 0.1) is 13.8 Å². The highest BCUT2D eigenvalue weighted by molar-refractivity contribution is 7.89. The molecule has 0 bridgehead atoms. The number of sulfonamides is 1. The summed E-state index contributed by atoms with van der Waals surface area (Å²) in [6.45, 7) is 4.98. The molecule has 0 unspecified atom stereocenters. The van der Waals surface area contributed by atoms with E-state index in [1.165, 1.54) is 0 Å². The molecule has 2 aromatic carbocycles. The monoisotopic (exact) mass is 484 g/mol. The minimum atomic E-state index is -3.53. The van der Waals surface area contributed by atoms with Crippen LogP contribution in [-0.2, 0) is 14.8 Å². The quantitative estimate of drug-likeness (QED) is 0.509. The molecule has 33 heavy (non-hydrogen) atoms. The second kappa shape index (κ2) is 10.0. The molecule has 1 aromatic heterocycles. The lowest BCUT2D eigenvalue weighted by Gasteiger charge is -2.26. The molecule has 0 saturated carbocycles. The van der Waals surface area contributed by atoms with Crippen LogP contribution >= 0.6 is 11.3 Å². The number of aryl methyl sites for hydroxylation is 2. The molecule has 4 rings (SSSR count). The average Bonchev–Trinajstić information content (AvgIpc) is 3.25. The second-order valence-electron chi connectivity index (χ2n) is 8.18. The fourth-order valence-electron chi connectivity index (χ4n) is 3.84. The Balaban J connectivity index is 1.42. The SMILES string of the molecule is Cc1nc(-c2cccc(NC(=O)CNc3cc(S(=O)(=O)N4CCCCC4)ccc3C)c2)cs1. The number of hydrogen-bond acceptors (Lipinski definition) is 6. The molecular formula is C24H28N4O3S2. The van der Waals surface area contributed by atoms with Gasteiger partial charge in [0.05, 0.1) is 22.1 Å². The van der Waals surface area contributed by atoms with E-state index < -0.39 is 10.0 Å². The van der Waals surface area contributed by atoms with E-state index in [1.54, 1.807) is 33.8 Å². The van der Waals surface area contributed by atoms with Crippen molar-refractivity contribution in [1.29, 1.82) is 0 Å². The Morgan fingerprint density at radius 1 is 1.09 bits per heavy atom. The van der Waals surface area contributed by atoms with Crippen LogP contribution in [0.15, 0.2) is 52.7 Å². The number of thiazole rings is 1. The zero-order chi connectivity index (χ0) is 23.4. The van der Waals surface area contributed by atoms with Gasteiger partial charge in [0.1, 0.15) is 0 Å². The minimum absolute atomic E-state index is 0.0219. The standard InChI is InChI=1S/C24H28N4O3S2/c1-17-9-10-21(33(30,31)28-11-4-3-5-12-28)14-22(17)25-15-24(29)27-20-8-6-7-19(13-20)23-16-32-18(2)26-23/h6-10,13-14,16,25H,3-5,11-12,15H2,1-2H3,(H,27,29). The molecule has 0 aliphatic carbocycles. The van der Waals surface area contributed by atoms with Crippen molar-refractivity contribution in [2.75, 3.05) is 30.3 Å². The molecule has 2 N–H and O–H groups in total. The minimum Gasteiger partial charge on any atom is -0.376 e. The van der Waals surface area contributed by atoms with Gasteiger partial charge in [-0.1, -0.05) is 24.6 Å². The molecule has 3 aromatic rings. The molecule has 1 saturated heterocycles. The summed E-state index contributed by atoms with van der Waals surface area (Å²) in [4.78, 5) is 17.3. The van der Waals surface area contributed by atoms with E-state index in [2.05, 4.69) is 15.6 Å². The molecular weight excluding hydrogens is 456 g/mol. The first-order chi connectivity index (χ1) is 15.8. The van der Waals surface area contributed by atoms with Crippen LogP contribution in [0.25, 0.3) is 11.3 Å². The maximum Gasteiger partial charge on any atom is 0.243 e. The van der Waals surface area contributed by atoms with Crippen LogP contribution in [0.3, 0.4) is 0 Å². The van der Waals surface area contributed by atoms with Crippen LogP contribution in [0.5, 0.6) is 0 Å². The van der Waals surface area contributed by atoms with Gasteiger partial charge in [0.2, 0.25) is 15.9 Å². The Kier molecular flexibility index (Phi) is 7.11. The third kappa shape index (κ3) is 5.61. The second-order valence-corrected chi connectivity index (χ2v) is 11.2. The highest BCUT2D eigenvalue weighted by Crippen LogP contribution is 2.26. The number of nitrogens with one attached hydrogen (secondary N) is 2. The first-order valence-electron chi connectivity index (χ1n) is 11.0. The summed E-state index contributed by atoms with van der Waals surface area (Å²) >= 11 is 1.58. The van der Waals surface area contributed by atoms with Crippen molar-refractivity contribution in [3.8, 4) is 11.3 Å². The molecule has 174 valence electrons. The molecule has 7 nitrogen and oxygen atoms in total. The normalized spacial score (nSPS) is 14.7. The summed E-state index contributed by atoms with van der Waals surface area (Å²) in [5.74, 6) is -0.217. The maximum atomic E-state index is 13.0. The Labute approximate surface area is 198 Å². The van der Waals surface area contributed by atoms with E-state index in [4.69, 9.17) is 0 Å². The van der Waals surface area contributed by atoms with Crippen LogP contribution in [0.4, 0.5) is 11.4 Å². The van der Waals surface area contributed by atoms with Crippen molar-refractivity contribution < 1.29 is 13.2 Å². The number of aromatic nitrogens is 1. The molecule has 0 radical (unpaired) electrons. The van der Waals surface area contributed by atoms with Gasteiger partial charge in [0.15, 0.2) is 0 Å². The number of carbonyl (C=O) groups excluding carboxylic acids is 1. The van der Waals surface area contributed by atoms with Crippen LogP contribution < -0.4 is 10.6 Å². The van der Waals surface area contributed by atoms with Gasteiger partial charge in [-0.05, 0) is 56.5 Å². The predicted molar refractivity (Wildman–Crippen MR) is 133 cm³/mol. The summed E-state index contributed by atoms with van der Waals surface area (Å²) in [7, 11) is -3.53. The smallest absolute Gasteiger partial charge is 0.243 e. The predicted octanol–water partition coefficient (Wildman–Crippen LogP) is 4.65. The van der Waals surface area contributed by atoms with Gasteiger partial charge in [-0.25, -0.2) is 13.4 Å². The molecule has 2 heterocycles. The van der Waals surface area contributed by atoms with Crippen molar-refractivity contribution in [2.24, 2.45) is 0 Å². The number of amides is 1. The van der Waals surface area contributed by atoms with Crippen molar-refractivity contribution in [1.82, 2.24) is 9.29 Å². The zero-order valence-electron chi connectivity index (χ0n) is 18.8. The summed E-state index contributed by atoms with van der Waals surface area (Å²) in [5, 5.41) is 8.97. The molecule has 9 heteroatoms. The van der Waals surface area contributed by atoms with Crippen LogP contribution in [-0.4, -0.2) is 43.2 Å². The van der Waals surface area contributed by atoms with Gasteiger partial charge in [0, 0.05) is 35.4 Å². The van der Waals surface area contributed by atoms with Gasteiger partial charge in [-0.2, -0.15) is 4.31 Å². The van der Waals surface area contributed by atoms with E-state index in [0.717, 1.165) is 41.1 Å². The third-order valence-corrected chi connectivity index (χ3v) is 8.33. The highest BCUT2D eigenvalue weighted by atomic mass is 32.2. The zero-order valence-corrected chi connectivity index (χ0v) is 20.4. The third-order valence-electron chi connectivity index (χ3n) is 5.66. The first-order valence-corrected chi connectivity index (χ1v) is 13.3. The largest absolute Gasteiger partial charge is 0.376 e. The van der Waals surface area contributed by atoms with Crippen LogP contribution in [0.2, 0.25) is 0 Å². The van der Waals surface area contributed by atoms with E-state index >= 15 is 0 Å². The number of rotatable bonds is 7. The lowest BCUT2D eigenvalue weighted by atomic mass is 10.1. The van der Waals surface area contributed by atoms with E-state index in [1.807, 2.05) is 43.5 Å². The molecule has 0 spiro atoms. The molecule has 1 amide bonds. The van der Waals surface area contributed by atoms with E-state index in [0.29, 0.717) is 24.5 Å². The van der Waals surface area contributed by atoms with Crippen LogP contribution in [0.1, 0.15) is 29.8 Å². The summed E-state index contributed by atoms with van der Waals surface area (Å²) in [6.07, 6.45) is 2.84. The van der Waals surface area contributed by atoms with E-state index in [9.17, 15) is 13.2 Å². The van der Waals surface area contributed by atoms with Gasteiger partial charge in [0.25, 0.3) is 0 Å². The highest BCUT2D eigenvalue weighted by Gasteiger charge is 2.26. The maximum absolute atomic E-state index is 13.0. The number of benzene rings is 2. The Hall–Kier alpha value is -2.75. The average molecular weight is 485 g/mol. The summed E-state index contributed by atoms with van der Waals surface area (Å²) in [6, 6.07) is 12.6. The topological polar surface area (TPSA) is 91.4 Å². The van der Waals surface area contributed by atoms with Crippen molar-refractivity contribution in [3.63, 3.8) is 0 Å². The van der Waals surface area contributed by atoms with Crippen molar-refractivity contribution >= 4 is 38.6 Å². The van der Waals surface area contributed by atoms with Gasteiger partial charge < -0.3 is 10.6 Å². The Morgan fingerprint density at radius 3 is 2.61 bits per heavy atom.